The van der Waals surface area contributed by atoms with E-state index in [1.54, 1.807) is 0 Å². The summed E-state index contributed by atoms with van der Waals surface area (Å²) < 4.78 is 5.31. The Bertz CT molecular complexity index is 303. The van der Waals surface area contributed by atoms with E-state index in [9.17, 15) is 9.59 Å². The van der Waals surface area contributed by atoms with E-state index in [0.717, 1.165) is 19.3 Å². The molecule has 0 atom stereocenters. The summed E-state index contributed by atoms with van der Waals surface area (Å²) in [5, 5.41) is 0. The van der Waals surface area contributed by atoms with Crippen LogP contribution in [-0.2, 0) is 9.53 Å². The van der Waals surface area contributed by atoms with Crippen LogP contribution in [0.1, 0.15) is 53.4 Å². The van der Waals surface area contributed by atoms with Crippen LogP contribution in [0, 0.1) is 5.92 Å². The Hall–Kier alpha value is -1.06. The molecule has 0 heterocycles. The lowest BCUT2D eigenvalue weighted by Gasteiger charge is -2.26. The third-order valence-corrected chi connectivity index (χ3v) is 2.73. The van der Waals surface area contributed by atoms with Crippen LogP contribution in [0.15, 0.2) is 0 Å². The highest BCUT2D eigenvalue weighted by atomic mass is 16.6. The molecule has 0 aromatic heterocycles. The molecule has 1 fully saturated rings. The average molecular weight is 255 g/mol. The highest BCUT2D eigenvalue weighted by Crippen LogP contribution is 2.32. The molecule has 4 heteroatoms. The molecule has 0 spiro atoms. The summed E-state index contributed by atoms with van der Waals surface area (Å²) in [5.41, 5.74) is -0.511. The number of nitrogens with zero attached hydrogens (tertiary/aromatic N) is 1. The standard InChI is InChI=1S/C14H25NO3/c1-5-8-15(13(17)18-14(2,3)4)10-12(16)9-11-6-7-11/h11H,5-10H2,1-4H3. The van der Waals surface area contributed by atoms with Gasteiger partial charge in [-0.25, -0.2) is 4.79 Å². The number of ether oxygens (including phenoxy) is 1. The highest BCUT2D eigenvalue weighted by Gasteiger charge is 2.27. The van der Waals surface area contributed by atoms with Crippen LogP contribution in [0.2, 0.25) is 0 Å². The first-order chi connectivity index (χ1) is 8.31. The summed E-state index contributed by atoms with van der Waals surface area (Å²) in [6.45, 7) is 8.26. The van der Waals surface area contributed by atoms with Crippen molar-refractivity contribution in [2.75, 3.05) is 13.1 Å². The first-order valence-electron chi connectivity index (χ1n) is 6.81. The zero-order chi connectivity index (χ0) is 13.8. The predicted molar refractivity (Wildman–Crippen MR) is 70.4 cm³/mol. The Morgan fingerprint density at radius 2 is 1.89 bits per heavy atom. The molecule has 1 aliphatic carbocycles. The second kappa shape index (κ2) is 6.21. The zero-order valence-electron chi connectivity index (χ0n) is 12.0. The van der Waals surface area contributed by atoms with Gasteiger partial charge in [-0.1, -0.05) is 6.92 Å². The number of hydrogen-bond donors (Lipinski definition) is 0. The van der Waals surface area contributed by atoms with Crippen molar-refractivity contribution in [1.82, 2.24) is 4.90 Å². The fourth-order valence-electron chi connectivity index (χ4n) is 1.75. The number of Topliss-reactive ketones (excluding diaryl/α,β-unsaturated/α-hetero) is 1. The third kappa shape index (κ3) is 6.03. The molecule has 0 aliphatic heterocycles. The second-order valence-corrected chi connectivity index (χ2v) is 6.09. The lowest BCUT2D eigenvalue weighted by Crippen LogP contribution is -2.40. The van der Waals surface area contributed by atoms with Crippen molar-refractivity contribution in [1.29, 1.82) is 0 Å². The molecule has 4 nitrogen and oxygen atoms in total. The van der Waals surface area contributed by atoms with Gasteiger partial charge in [0.05, 0.1) is 6.54 Å². The van der Waals surface area contributed by atoms with E-state index in [-0.39, 0.29) is 18.4 Å². The average Bonchev–Trinajstić information content (AvgIpc) is 2.98. The van der Waals surface area contributed by atoms with Gasteiger partial charge in [0, 0.05) is 13.0 Å². The van der Waals surface area contributed by atoms with Gasteiger partial charge in [-0.15, -0.1) is 0 Å². The number of rotatable bonds is 6. The predicted octanol–water partition coefficient (Wildman–Crippen LogP) is 3.00. The smallest absolute Gasteiger partial charge is 0.410 e. The van der Waals surface area contributed by atoms with Gasteiger partial charge in [0.15, 0.2) is 5.78 Å². The van der Waals surface area contributed by atoms with Crippen molar-refractivity contribution in [3.05, 3.63) is 0 Å². The van der Waals surface area contributed by atoms with Crippen molar-refractivity contribution < 1.29 is 14.3 Å². The molecule has 1 amide bonds. The maximum atomic E-state index is 11.9. The highest BCUT2D eigenvalue weighted by molar-refractivity contribution is 5.84. The fraction of sp³-hybridized carbons (Fsp3) is 0.857. The summed E-state index contributed by atoms with van der Waals surface area (Å²) >= 11 is 0. The lowest BCUT2D eigenvalue weighted by molar-refractivity contribution is -0.120. The third-order valence-electron chi connectivity index (χ3n) is 2.73. The van der Waals surface area contributed by atoms with Crippen LogP contribution in [0.5, 0.6) is 0 Å². The van der Waals surface area contributed by atoms with Crippen molar-refractivity contribution in [3.63, 3.8) is 0 Å². The molecule has 104 valence electrons. The summed E-state index contributed by atoms with van der Waals surface area (Å²) in [6.07, 6.45) is 3.38. The lowest BCUT2D eigenvalue weighted by atomic mass is 10.2. The number of ketones is 1. The Balaban J connectivity index is 2.46. The second-order valence-electron chi connectivity index (χ2n) is 6.09. The first-order valence-corrected chi connectivity index (χ1v) is 6.81. The van der Waals surface area contributed by atoms with Crippen molar-refractivity contribution in [2.24, 2.45) is 5.92 Å². The monoisotopic (exact) mass is 255 g/mol. The molecule has 0 aromatic carbocycles. The number of hydrogen-bond acceptors (Lipinski definition) is 3. The molecule has 0 N–H and O–H groups in total. The van der Waals surface area contributed by atoms with Gasteiger partial charge in [-0.2, -0.15) is 0 Å². The first kappa shape index (κ1) is 15.0. The Kier molecular flexibility index (Phi) is 5.17. The van der Waals surface area contributed by atoms with Crippen LogP contribution in [0.4, 0.5) is 4.79 Å². The summed E-state index contributed by atoms with van der Waals surface area (Å²) in [5.74, 6) is 0.719. The molecule has 0 aromatic rings. The normalized spacial score (nSPS) is 15.3. The summed E-state index contributed by atoms with van der Waals surface area (Å²) in [7, 11) is 0. The maximum Gasteiger partial charge on any atom is 0.410 e. The number of carbonyl (C=O) groups is 2. The van der Waals surface area contributed by atoms with Crippen molar-refractivity contribution in [2.45, 2.75) is 59.0 Å². The van der Waals surface area contributed by atoms with E-state index in [1.807, 2.05) is 27.7 Å². The van der Waals surface area contributed by atoms with Crippen molar-refractivity contribution >= 4 is 11.9 Å². The van der Waals surface area contributed by atoms with Crippen LogP contribution >= 0.6 is 0 Å². The quantitative estimate of drug-likeness (QED) is 0.733. The van der Waals surface area contributed by atoms with Crippen LogP contribution in [0.3, 0.4) is 0 Å². The van der Waals surface area contributed by atoms with E-state index in [2.05, 4.69) is 0 Å². The number of carbonyl (C=O) groups excluding carboxylic acids is 2. The minimum Gasteiger partial charge on any atom is -0.444 e. The fourth-order valence-corrected chi connectivity index (χ4v) is 1.75. The van der Waals surface area contributed by atoms with Crippen LogP contribution in [0.25, 0.3) is 0 Å². The van der Waals surface area contributed by atoms with Crippen molar-refractivity contribution in [3.8, 4) is 0 Å². The Morgan fingerprint density at radius 3 is 2.33 bits per heavy atom. The molecule has 1 aliphatic rings. The SMILES string of the molecule is CCCN(CC(=O)CC1CC1)C(=O)OC(C)(C)C. The molecule has 0 radical (unpaired) electrons. The molecular weight excluding hydrogens is 230 g/mol. The van der Waals surface area contributed by atoms with E-state index in [0.29, 0.717) is 18.9 Å². The van der Waals surface area contributed by atoms with E-state index < -0.39 is 5.60 Å². The molecule has 0 bridgehead atoms. The zero-order valence-corrected chi connectivity index (χ0v) is 12.0. The van der Waals surface area contributed by atoms with Crippen LogP contribution in [-0.4, -0.2) is 35.5 Å². The maximum absolute atomic E-state index is 11.9. The van der Waals surface area contributed by atoms with Crippen LogP contribution < -0.4 is 0 Å². The molecule has 0 unspecified atom stereocenters. The van der Waals surface area contributed by atoms with Gasteiger partial charge in [0.25, 0.3) is 0 Å². The van der Waals surface area contributed by atoms with E-state index in [1.165, 1.54) is 4.90 Å². The Labute approximate surface area is 110 Å². The molecule has 18 heavy (non-hydrogen) atoms. The van der Waals surface area contributed by atoms with Gasteiger partial charge in [-0.3, -0.25) is 4.79 Å². The van der Waals surface area contributed by atoms with E-state index >= 15 is 0 Å². The topological polar surface area (TPSA) is 46.6 Å². The molecule has 1 rings (SSSR count). The van der Waals surface area contributed by atoms with Gasteiger partial charge >= 0.3 is 6.09 Å². The van der Waals surface area contributed by atoms with Gasteiger partial charge in [0.1, 0.15) is 5.60 Å². The molecular formula is C14H25NO3. The van der Waals surface area contributed by atoms with Gasteiger partial charge in [0.2, 0.25) is 0 Å². The van der Waals surface area contributed by atoms with Gasteiger partial charge in [-0.05, 0) is 46.0 Å². The summed E-state index contributed by atoms with van der Waals surface area (Å²) in [6, 6.07) is 0. The minimum absolute atomic E-state index is 0.150. The molecule has 1 saturated carbocycles. The van der Waals surface area contributed by atoms with Gasteiger partial charge < -0.3 is 9.64 Å². The summed E-state index contributed by atoms with van der Waals surface area (Å²) in [4.78, 5) is 25.3. The molecule has 0 saturated heterocycles. The largest absolute Gasteiger partial charge is 0.444 e. The Morgan fingerprint density at radius 1 is 1.28 bits per heavy atom. The number of amides is 1. The minimum atomic E-state index is -0.511. The van der Waals surface area contributed by atoms with E-state index in [4.69, 9.17) is 4.74 Å².